The fourth-order valence-corrected chi connectivity index (χ4v) is 1.45. The number of carbonyl (C=O) groups excluding carboxylic acids is 1. The number of likely N-dealkylation sites (tertiary alicyclic amines) is 1. The second kappa shape index (κ2) is 9.89. The zero-order valence-electron chi connectivity index (χ0n) is 12.1. The van der Waals surface area contributed by atoms with E-state index in [4.69, 9.17) is 4.74 Å². The molecular formula is C13H25N3O2. The Kier molecular flexibility index (Phi) is 9.29. The van der Waals surface area contributed by atoms with Gasteiger partial charge in [0.1, 0.15) is 6.10 Å². The summed E-state index contributed by atoms with van der Waals surface area (Å²) in [6.45, 7) is 2.01. The second-order valence-corrected chi connectivity index (χ2v) is 4.36. The van der Waals surface area contributed by atoms with Gasteiger partial charge in [-0.25, -0.2) is 0 Å². The Balaban J connectivity index is 0.000000873. The van der Waals surface area contributed by atoms with E-state index in [2.05, 4.69) is 17.2 Å². The normalized spacial score (nSPS) is 18.2. The Morgan fingerprint density at radius 3 is 2.50 bits per heavy atom. The Morgan fingerprint density at radius 2 is 2.06 bits per heavy atom. The van der Waals surface area contributed by atoms with Crippen molar-refractivity contribution in [3.63, 3.8) is 0 Å². The standard InChI is InChI=1S/C11H18N2O2.C2H7N/c1-12(2)7-4-5-8-13-9-6-10(15-3)11(13)14;1-3-2/h10H,6-9H2,1-3H3;3H,1-2H3/t10-;/m1./s1. The number of hydrogen-bond acceptors (Lipinski definition) is 4. The molecule has 0 aliphatic carbocycles. The Hall–Kier alpha value is -1.09. The van der Waals surface area contributed by atoms with Gasteiger partial charge < -0.3 is 15.0 Å². The van der Waals surface area contributed by atoms with Crippen LogP contribution in [0, 0.1) is 11.8 Å². The van der Waals surface area contributed by atoms with Crippen LogP contribution < -0.4 is 5.32 Å². The molecule has 1 saturated heterocycles. The van der Waals surface area contributed by atoms with Crippen molar-refractivity contribution in [1.29, 1.82) is 0 Å². The lowest BCUT2D eigenvalue weighted by atomic mass is 10.3. The van der Waals surface area contributed by atoms with Crippen molar-refractivity contribution in [2.24, 2.45) is 0 Å². The summed E-state index contributed by atoms with van der Waals surface area (Å²) >= 11 is 0. The van der Waals surface area contributed by atoms with Gasteiger partial charge in [0, 0.05) is 20.1 Å². The van der Waals surface area contributed by atoms with Crippen molar-refractivity contribution in [1.82, 2.24) is 15.1 Å². The van der Waals surface area contributed by atoms with Crippen LogP contribution in [0.2, 0.25) is 0 Å². The third kappa shape index (κ3) is 6.60. The fourth-order valence-electron chi connectivity index (χ4n) is 1.45. The van der Waals surface area contributed by atoms with Gasteiger partial charge in [-0.15, -0.1) is 0 Å². The highest BCUT2D eigenvalue weighted by Crippen LogP contribution is 2.12. The largest absolute Gasteiger partial charge is 0.372 e. The van der Waals surface area contributed by atoms with Crippen molar-refractivity contribution in [3.05, 3.63) is 0 Å². The van der Waals surface area contributed by atoms with Crippen molar-refractivity contribution in [2.75, 3.05) is 54.9 Å². The number of ether oxygens (including phenoxy) is 1. The number of nitrogens with one attached hydrogen (secondary N) is 1. The molecule has 0 aromatic heterocycles. The molecule has 5 nitrogen and oxygen atoms in total. The van der Waals surface area contributed by atoms with Gasteiger partial charge in [-0.3, -0.25) is 9.69 Å². The average Bonchev–Trinajstić information content (AvgIpc) is 2.66. The van der Waals surface area contributed by atoms with Crippen LogP contribution in [-0.4, -0.2) is 76.7 Å². The highest BCUT2D eigenvalue weighted by Gasteiger charge is 2.30. The molecule has 18 heavy (non-hydrogen) atoms. The lowest BCUT2D eigenvalue weighted by Gasteiger charge is -2.12. The van der Waals surface area contributed by atoms with Crippen LogP contribution in [0.3, 0.4) is 0 Å². The highest BCUT2D eigenvalue weighted by molar-refractivity contribution is 5.83. The van der Waals surface area contributed by atoms with Crippen LogP contribution >= 0.6 is 0 Å². The highest BCUT2D eigenvalue weighted by atomic mass is 16.5. The first-order valence-corrected chi connectivity index (χ1v) is 6.07. The predicted octanol–water partition coefficient (Wildman–Crippen LogP) is -0.366. The van der Waals surface area contributed by atoms with E-state index in [1.165, 1.54) is 0 Å². The lowest BCUT2D eigenvalue weighted by molar-refractivity contribution is -0.135. The third-order valence-corrected chi connectivity index (χ3v) is 2.32. The maximum Gasteiger partial charge on any atom is 0.252 e. The molecule has 0 unspecified atom stereocenters. The first kappa shape index (κ1) is 16.9. The number of carbonyl (C=O) groups is 1. The quantitative estimate of drug-likeness (QED) is 0.699. The number of nitrogens with zero attached hydrogens (tertiary/aromatic N) is 2. The van der Waals surface area contributed by atoms with Gasteiger partial charge in [0.15, 0.2) is 0 Å². The van der Waals surface area contributed by atoms with Crippen molar-refractivity contribution >= 4 is 5.91 Å². The Labute approximate surface area is 110 Å². The molecule has 0 aromatic rings. The molecule has 1 rings (SSSR count). The maximum atomic E-state index is 11.6. The van der Waals surface area contributed by atoms with Gasteiger partial charge in [0.2, 0.25) is 0 Å². The summed E-state index contributed by atoms with van der Waals surface area (Å²) in [4.78, 5) is 15.3. The van der Waals surface area contributed by atoms with E-state index in [1.54, 1.807) is 12.0 Å². The molecule has 0 aromatic carbocycles. The molecule has 0 bridgehead atoms. The molecule has 1 atom stereocenters. The molecule has 0 spiro atoms. The minimum absolute atomic E-state index is 0.0663. The van der Waals surface area contributed by atoms with Gasteiger partial charge in [-0.1, -0.05) is 11.8 Å². The molecule has 1 fully saturated rings. The first-order valence-electron chi connectivity index (χ1n) is 6.07. The zero-order chi connectivity index (χ0) is 14.0. The molecular weight excluding hydrogens is 230 g/mol. The molecule has 1 aliphatic rings. The van der Waals surface area contributed by atoms with E-state index >= 15 is 0 Å². The summed E-state index contributed by atoms with van der Waals surface area (Å²) in [5, 5.41) is 2.75. The summed E-state index contributed by atoms with van der Waals surface area (Å²) in [6.07, 6.45) is 0.533. The number of rotatable bonds is 3. The average molecular weight is 255 g/mol. The second-order valence-electron chi connectivity index (χ2n) is 4.36. The predicted molar refractivity (Wildman–Crippen MR) is 73.3 cm³/mol. The van der Waals surface area contributed by atoms with Crippen LogP contribution in [-0.2, 0) is 9.53 Å². The van der Waals surface area contributed by atoms with Crippen molar-refractivity contribution < 1.29 is 9.53 Å². The fraction of sp³-hybridized carbons (Fsp3) is 0.769. The summed E-state index contributed by atoms with van der Waals surface area (Å²) < 4.78 is 5.05. The van der Waals surface area contributed by atoms with Crippen LogP contribution in [0.1, 0.15) is 6.42 Å². The Morgan fingerprint density at radius 1 is 1.44 bits per heavy atom. The molecule has 1 amide bonds. The minimum Gasteiger partial charge on any atom is -0.372 e. The van der Waals surface area contributed by atoms with Gasteiger partial charge in [-0.2, -0.15) is 0 Å². The number of amides is 1. The first-order chi connectivity index (χ1) is 8.56. The Bertz CT molecular complexity index is 294. The van der Waals surface area contributed by atoms with Gasteiger partial charge in [0.25, 0.3) is 5.91 Å². The topological polar surface area (TPSA) is 44.8 Å². The summed E-state index contributed by atoms with van der Waals surface area (Å²) in [5.41, 5.74) is 0. The minimum atomic E-state index is -0.249. The number of hydrogen-bond donors (Lipinski definition) is 1. The number of methoxy groups -OCH3 is 1. The summed E-state index contributed by atoms with van der Waals surface area (Å²) in [7, 11) is 9.26. The van der Waals surface area contributed by atoms with Crippen molar-refractivity contribution in [2.45, 2.75) is 12.5 Å². The smallest absolute Gasteiger partial charge is 0.252 e. The molecule has 5 heteroatoms. The maximum absolute atomic E-state index is 11.6. The van der Waals surface area contributed by atoms with Gasteiger partial charge in [0.05, 0.1) is 13.1 Å². The summed E-state index contributed by atoms with van der Waals surface area (Å²) in [5.74, 6) is 6.06. The van der Waals surface area contributed by atoms with Crippen LogP contribution in [0.4, 0.5) is 0 Å². The van der Waals surface area contributed by atoms with Crippen LogP contribution in [0.25, 0.3) is 0 Å². The molecule has 0 saturated carbocycles. The molecule has 1 N–H and O–H groups in total. The van der Waals surface area contributed by atoms with E-state index in [-0.39, 0.29) is 12.0 Å². The van der Waals surface area contributed by atoms with Crippen molar-refractivity contribution in [3.8, 4) is 11.8 Å². The van der Waals surface area contributed by atoms with Gasteiger partial charge >= 0.3 is 0 Å². The summed E-state index contributed by atoms with van der Waals surface area (Å²) in [6, 6.07) is 0. The molecule has 0 radical (unpaired) electrons. The molecule has 1 aliphatic heterocycles. The lowest BCUT2D eigenvalue weighted by Crippen LogP contribution is -2.30. The SMILES string of the molecule is CNC.CO[C@@H]1CCN(CC#CCN(C)C)C1=O. The zero-order valence-corrected chi connectivity index (χ0v) is 12.1. The van der Waals surface area contributed by atoms with Crippen LogP contribution in [0.5, 0.6) is 0 Å². The van der Waals surface area contributed by atoms with E-state index in [1.807, 2.05) is 33.1 Å². The third-order valence-electron chi connectivity index (χ3n) is 2.32. The van der Waals surface area contributed by atoms with E-state index < -0.39 is 0 Å². The molecule has 104 valence electrons. The van der Waals surface area contributed by atoms with E-state index in [0.29, 0.717) is 6.54 Å². The molecule has 1 heterocycles. The van der Waals surface area contributed by atoms with Gasteiger partial charge in [-0.05, 0) is 28.2 Å². The van der Waals surface area contributed by atoms with E-state index in [9.17, 15) is 4.79 Å². The van der Waals surface area contributed by atoms with E-state index in [0.717, 1.165) is 19.5 Å². The van der Waals surface area contributed by atoms with Crippen LogP contribution in [0.15, 0.2) is 0 Å². The monoisotopic (exact) mass is 255 g/mol.